The molecule has 0 aliphatic rings. The Morgan fingerprint density at radius 3 is 2.62 bits per heavy atom. The first-order valence-electron chi connectivity index (χ1n) is 5.31. The third kappa shape index (κ3) is 2.11. The van der Waals surface area contributed by atoms with Crippen molar-refractivity contribution < 1.29 is 0 Å². The molecular formula is C12H14BrN3. The normalized spacial score (nSPS) is 10.6. The van der Waals surface area contributed by atoms with E-state index in [1.807, 2.05) is 12.1 Å². The molecule has 0 saturated heterocycles. The Morgan fingerprint density at radius 1 is 1.31 bits per heavy atom. The van der Waals surface area contributed by atoms with E-state index in [0.717, 1.165) is 34.1 Å². The molecule has 0 aliphatic heterocycles. The predicted octanol–water partition coefficient (Wildman–Crippen LogP) is 3.37. The number of rotatable bonds is 3. The Labute approximate surface area is 103 Å². The number of nitrogen functional groups attached to an aromatic ring is 1. The molecular weight excluding hydrogens is 266 g/mol. The fourth-order valence-electron chi connectivity index (χ4n) is 1.74. The van der Waals surface area contributed by atoms with Crippen LogP contribution in [0.1, 0.15) is 18.9 Å². The summed E-state index contributed by atoms with van der Waals surface area (Å²) in [5.41, 5.74) is 9.11. The van der Waals surface area contributed by atoms with E-state index >= 15 is 0 Å². The zero-order valence-corrected chi connectivity index (χ0v) is 10.7. The molecule has 3 N–H and O–H groups in total. The van der Waals surface area contributed by atoms with Crippen LogP contribution in [0.4, 0.5) is 5.82 Å². The quantitative estimate of drug-likeness (QED) is 0.905. The van der Waals surface area contributed by atoms with Crippen molar-refractivity contribution in [1.82, 2.24) is 10.2 Å². The molecule has 0 unspecified atom stereocenters. The second-order valence-corrected chi connectivity index (χ2v) is 4.63. The number of aromatic amines is 1. The van der Waals surface area contributed by atoms with Crippen LogP contribution < -0.4 is 5.73 Å². The minimum atomic E-state index is 0.611. The van der Waals surface area contributed by atoms with Crippen molar-refractivity contribution in [1.29, 1.82) is 0 Å². The first-order valence-corrected chi connectivity index (χ1v) is 6.10. The largest absolute Gasteiger partial charge is 0.382 e. The van der Waals surface area contributed by atoms with E-state index in [2.05, 4.69) is 45.2 Å². The maximum absolute atomic E-state index is 5.84. The van der Waals surface area contributed by atoms with Crippen molar-refractivity contribution in [3.05, 3.63) is 34.3 Å². The number of H-pyrrole nitrogens is 1. The van der Waals surface area contributed by atoms with Crippen molar-refractivity contribution >= 4 is 21.7 Å². The van der Waals surface area contributed by atoms with Crippen molar-refractivity contribution in [3.8, 4) is 11.3 Å². The number of nitrogens with one attached hydrogen (secondary N) is 1. The topological polar surface area (TPSA) is 54.7 Å². The molecule has 2 rings (SSSR count). The summed E-state index contributed by atoms with van der Waals surface area (Å²) in [7, 11) is 0. The first kappa shape index (κ1) is 11.2. The van der Waals surface area contributed by atoms with Gasteiger partial charge in [0.25, 0.3) is 0 Å². The molecule has 0 bridgehead atoms. The summed E-state index contributed by atoms with van der Waals surface area (Å²) in [6.45, 7) is 2.14. The van der Waals surface area contributed by atoms with Gasteiger partial charge in [0.2, 0.25) is 0 Å². The van der Waals surface area contributed by atoms with Gasteiger partial charge in [-0.25, -0.2) is 0 Å². The van der Waals surface area contributed by atoms with E-state index in [1.54, 1.807) is 0 Å². The Bertz CT molecular complexity index is 474. The van der Waals surface area contributed by atoms with Crippen LogP contribution in [-0.4, -0.2) is 10.2 Å². The highest BCUT2D eigenvalue weighted by atomic mass is 79.9. The summed E-state index contributed by atoms with van der Waals surface area (Å²) >= 11 is 3.42. The van der Waals surface area contributed by atoms with Crippen LogP contribution in [0.25, 0.3) is 11.3 Å². The lowest BCUT2D eigenvalue weighted by Gasteiger charge is -2.03. The van der Waals surface area contributed by atoms with Crippen LogP contribution in [0, 0.1) is 0 Å². The maximum Gasteiger partial charge on any atom is 0.149 e. The van der Waals surface area contributed by atoms with E-state index in [4.69, 9.17) is 5.73 Å². The van der Waals surface area contributed by atoms with Crippen LogP contribution in [0.15, 0.2) is 28.7 Å². The number of hydrogen-bond donors (Lipinski definition) is 2. The SMILES string of the molecule is CCCc1c(N)n[nH]c1-c1ccc(Br)cc1. The monoisotopic (exact) mass is 279 g/mol. The lowest BCUT2D eigenvalue weighted by molar-refractivity contribution is 0.927. The number of anilines is 1. The van der Waals surface area contributed by atoms with E-state index < -0.39 is 0 Å². The number of benzene rings is 1. The van der Waals surface area contributed by atoms with Crippen molar-refractivity contribution in [2.45, 2.75) is 19.8 Å². The van der Waals surface area contributed by atoms with E-state index in [1.165, 1.54) is 0 Å². The van der Waals surface area contributed by atoms with Gasteiger partial charge in [-0.1, -0.05) is 41.4 Å². The smallest absolute Gasteiger partial charge is 0.149 e. The Kier molecular flexibility index (Phi) is 3.29. The number of nitrogens with zero attached hydrogens (tertiary/aromatic N) is 1. The number of aromatic nitrogens is 2. The molecule has 84 valence electrons. The molecule has 0 amide bonds. The highest BCUT2D eigenvalue weighted by Gasteiger charge is 2.11. The van der Waals surface area contributed by atoms with Gasteiger partial charge in [-0.05, 0) is 24.1 Å². The Balaban J connectivity index is 2.43. The first-order chi connectivity index (χ1) is 7.72. The minimum Gasteiger partial charge on any atom is -0.382 e. The second kappa shape index (κ2) is 4.70. The summed E-state index contributed by atoms with van der Waals surface area (Å²) in [6, 6.07) is 8.14. The highest BCUT2D eigenvalue weighted by Crippen LogP contribution is 2.27. The molecule has 3 nitrogen and oxygen atoms in total. The highest BCUT2D eigenvalue weighted by molar-refractivity contribution is 9.10. The van der Waals surface area contributed by atoms with Gasteiger partial charge in [-0.3, -0.25) is 5.10 Å². The van der Waals surface area contributed by atoms with Gasteiger partial charge in [0.05, 0.1) is 5.69 Å². The summed E-state index contributed by atoms with van der Waals surface area (Å²) in [5.74, 6) is 0.611. The van der Waals surface area contributed by atoms with Crippen LogP contribution in [0.5, 0.6) is 0 Å². The Morgan fingerprint density at radius 2 is 2.00 bits per heavy atom. The van der Waals surface area contributed by atoms with Crippen molar-refractivity contribution in [3.63, 3.8) is 0 Å². The summed E-state index contributed by atoms with van der Waals surface area (Å²) in [5, 5.41) is 7.08. The molecule has 0 spiro atoms. The second-order valence-electron chi connectivity index (χ2n) is 3.72. The van der Waals surface area contributed by atoms with Gasteiger partial charge >= 0.3 is 0 Å². The van der Waals surface area contributed by atoms with Crippen molar-refractivity contribution in [2.24, 2.45) is 0 Å². The van der Waals surface area contributed by atoms with E-state index in [-0.39, 0.29) is 0 Å². The number of hydrogen-bond acceptors (Lipinski definition) is 2. The number of halogens is 1. The fourth-order valence-corrected chi connectivity index (χ4v) is 2.00. The molecule has 4 heteroatoms. The predicted molar refractivity (Wildman–Crippen MR) is 70.1 cm³/mol. The van der Waals surface area contributed by atoms with Gasteiger partial charge in [0, 0.05) is 10.0 Å². The standard InChI is InChI=1S/C12H14BrN3/c1-2-3-10-11(15-16-12(10)14)8-4-6-9(13)7-5-8/h4-7H,2-3H2,1H3,(H3,14,15,16). The molecule has 0 atom stereocenters. The molecule has 1 aromatic heterocycles. The zero-order valence-electron chi connectivity index (χ0n) is 9.13. The van der Waals surface area contributed by atoms with Crippen LogP contribution >= 0.6 is 15.9 Å². The van der Waals surface area contributed by atoms with Gasteiger partial charge in [0.15, 0.2) is 0 Å². The molecule has 0 radical (unpaired) electrons. The van der Waals surface area contributed by atoms with Crippen LogP contribution in [0.3, 0.4) is 0 Å². The summed E-state index contributed by atoms with van der Waals surface area (Å²) in [6.07, 6.45) is 2.01. The average molecular weight is 280 g/mol. The maximum atomic E-state index is 5.84. The zero-order chi connectivity index (χ0) is 11.5. The lowest BCUT2D eigenvalue weighted by atomic mass is 10.0. The molecule has 2 aromatic rings. The lowest BCUT2D eigenvalue weighted by Crippen LogP contribution is -1.92. The Hall–Kier alpha value is -1.29. The van der Waals surface area contributed by atoms with Gasteiger partial charge in [-0.2, -0.15) is 5.10 Å². The van der Waals surface area contributed by atoms with E-state index in [0.29, 0.717) is 5.82 Å². The molecule has 1 heterocycles. The molecule has 0 fully saturated rings. The summed E-state index contributed by atoms with van der Waals surface area (Å²) in [4.78, 5) is 0. The van der Waals surface area contributed by atoms with Gasteiger partial charge < -0.3 is 5.73 Å². The number of nitrogens with two attached hydrogens (primary N) is 1. The van der Waals surface area contributed by atoms with E-state index in [9.17, 15) is 0 Å². The molecule has 0 saturated carbocycles. The van der Waals surface area contributed by atoms with Crippen LogP contribution in [-0.2, 0) is 6.42 Å². The third-order valence-corrected chi connectivity index (χ3v) is 3.06. The fraction of sp³-hybridized carbons (Fsp3) is 0.250. The van der Waals surface area contributed by atoms with Crippen molar-refractivity contribution in [2.75, 3.05) is 5.73 Å². The van der Waals surface area contributed by atoms with Crippen LogP contribution in [0.2, 0.25) is 0 Å². The molecule has 16 heavy (non-hydrogen) atoms. The minimum absolute atomic E-state index is 0.611. The van der Waals surface area contributed by atoms with Gasteiger partial charge in [0.1, 0.15) is 5.82 Å². The molecule has 1 aromatic carbocycles. The average Bonchev–Trinajstić information content (AvgIpc) is 2.63. The van der Waals surface area contributed by atoms with Gasteiger partial charge in [-0.15, -0.1) is 0 Å². The summed E-state index contributed by atoms with van der Waals surface area (Å²) < 4.78 is 1.07. The molecule has 0 aliphatic carbocycles. The third-order valence-electron chi connectivity index (χ3n) is 2.53.